The van der Waals surface area contributed by atoms with Crippen molar-refractivity contribution in [3.05, 3.63) is 29.8 Å². The molecular formula is C15H20N2O4. The normalized spacial score (nSPS) is 18.8. The summed E-state index contributed by atoms with van der Waals surface area (Å²) in [5, 5.41) is 12.1. The van der Waals surface area contributed by atoms with Gasteiger partial charge in [-0.2, -0.15) is 0 Å². The van der Waals surface area contributed by atoms with Crippen molar-refractivity contribution in [2.24, 2.45) is 5.92 Å². The number of hydrogen-bond acceptors (Lipinski definition) is 3. The lowest BCUT2D eigenvalue weighted by Crippen LogP contribution is -2.50. The predicted molar refractivity (Wildman–Crippen MR) is 78.5 cm³/mol. The monoisotopic (exact) mass is 292 g/mol. The van der Waals surface area contributed by atoms with Crippen LogP contribution in [0.4, 0.5) is 10.5 Å². The Morgan fingerprint density at radius 2 is 2.19 bits per heavy atom. The first-order valence-electron chi connectivity index (χ1n) is 6.90. The van der Waals surface area contributed by atoms with E-state index in [4.69, 9.17) is 4.74 Å². The number of carboxylic acid groups (broad SMARTS) is 1. The van der Waals surface area contributed by atoms with Crippen LogP contribution in [0.2, 0.25) is 0 Å². The molecule has 0 aromatic heterocycles. The number of hydrogen-bond donors (Lipinski definition) is 2. The second-order valence-corrected chi connectivity index (χ2v) is 5.28. The Kier molecular flexibility index (Phi) is 4.80. The predicted octanol–water partition coefficient (Wildman–Crippen LogP) is 1.49. The number of carboxylic acids is 1. The Morgan fingerprint density at radius 1 is 1.48 bits per heavy atom. The van der Waals surface area contributed by atoms with Crippen LogP contribution >= 0.6 is 0 Å². The molecule has 2 atom stereocenters. The summed E-state index contributed by atoms with van der Waals surface area (Å²) in [4.78, 5) is 25.2. The standard InChI is InChI=1S/C15H20N2O4/c1-10(9-21-2)16-15(20)17-8-12(14(18)19)7-11-5-3-4-6-13(11)17/h3-6,10,12H,7-9H2,1-2H3,(H,16,20)(H,18,19). The summed E-state index contributed by atoms with van der Waals surface area (Å²) in [5.74, 6) is -1.46. The zero-order valence-electron chi connectivity index (χ0n) is 12.2. The van der Waals surface area contributed by atoms with E-state index < -0.39 is 11.9 Å². The van der Waals surface area contributed by atoms with Gasteiger partial charge in [0.1, 0.15) is 0 Å². The maximum atomic E-state index is 12.4. The molecule has 6 nitrogen and oxygen atoms in total. The smallest absolute Gasteiger partial charge is 0.322 e. The molecule has 2 N–H and O–H groups in total. The third-order valence-corrected chi connectivity index (χ3v) is 3.53. The SMILES string of the molecule is COCC(C)NC(=O)N1CC(C(=O)O)Cc2ccccc21. The Hall–Kier alpha value is -2.08. The summed E-state index contributed by atoms with van der Waals surface area (Å²) in [5.41, 5.74) is 1.66. The van der Waals surface area contributed by atoms with Gasteiger partial charge in [-0.25, -0.2) is 4.79 Å². The van der Waals surface area contributed by atoms with Crippen LogP contribution < -0.4 is 10.2 Å². The van der Waals surface area contributed by atoms with Gasteiger partial charge in [0.2, 0.25) is 0 Å². The van der Waals surface area contributed by atoms with Crippen LogP contribution in [0.1, 0.15) is 12.5 Å². The number of carbonyl (C=O) groups is 2. The topological polar surface area (TPSA) is 78.9 Å². The molecule has 0 saturated heterocycles. The fraction of sp³-hybridized carbons (Fsp3) is 0.467. The van der Waals surface area contributed by atoms with Crippen molar-refractivity contribution in [3.8, 4) is 0 Å². The van der Waals surface area contributed by atoms with Gasteiger partial charge >= 0.3 is 12.0 Å². The van der Waals surface area contributed by atoms with Crippen LogP contribution in [-0.4, -0.2) is 43.4 Å². The van der Waals surface area contributed by atoms with Crippen molar-refractivity contribution in [2.45, 2.75) is 19.4 Å². The molecule has 6 heteroatoms. The van der Waals surface area contributed by atoms with Gasteiger partial charge in [-0.1, -0.05) is 18.2 Å². The maximum absolute atomic E-state index is 12.4. The highest BCUT2D eigenvalue weighted by atomic mass is 16.5. The van der Waals surface area contributed by atoms with Gasteiger partial charge in [0, 0.05) is 19.3 Å². The van der Waals surface area contributed by atoms with Gasteiger partial charge in [-0.15, -0.1) is 0 Å². The number of benzene rings is 1. The van der Waals surface area contributed by atoms with Gasteiger partial charge in [0.15, 0.2) is 0 Å². The summed E-state index contributed by atoms with van der Waals surface area (Å²) in [7, 11) is 1.57. The minimum Gasteiger partial charge on any atom is -0.481 e. The number of aliphatic carboxylic acids is 1. The van der Waals surface area contributed by atoms with Crippen LogP contribution in [0.5, 0.6) is 0 Å². The highest BCUT2D eigenvalue weighted by Crippen LogP contribution is 2.29. The number of carbonyl (C=O) groups excluding carboxylic acids is 1. The number of amides is 2. The van der Waals surface area contributed by atoms with E-state index >= 15 is 0 Å². The molecule has 21 heavy (non-hydrogen) atoms. The lowest BCUT2D eigenvalue weighted by atomic mass is 9.93. The van der Waals surface area contributed by atoms with E-state index in [0.29, 0.717) is 13.0 Å². The molecule has 2 rings (SSSR count). The van der Waals surface area contributed by atoms with E-state index in [0.717, 1.165) is 11.3 Å². The van der Waals surface area contributed by atoms with E-state index in [2.05, 4.69) is 5.32 Å². The quantitative estimate of drug-likeness (QED) is 0.881. The average molecular weight is 292 g/mol. The summed E-state index contributed by atoms with van der Waals surface area (Å²) < 4.78 is 4.99. The van der Waals surface area contributed by atoms with Crippen LogP contribution in [-0.2, 0) is 16.0 Å². The van der Waals surface area contributed by atoms with Crippen LogP contribution in [0.3, 0.4) is 0 Å². The Labute approximate surface area is 123 Å². The van der Waals surface area contributed by atoms with Crippen LogP contribution in [0.15, 0.2) is 24.3 Å². The van der Waals surface area contributed by atoms with Crippen molar-refractivity contribution in [3.63, 3.8) is 0 Å². The second-order valence-electron chi connectivity index (χ2n) is 5.28. The molecule has 1 aromatic rings. The highest BCUT2D eigenvalue weighted by Gasteiger charge is 2.32. The first-order valence-corrected chi connectivity index (χ1v) is 6.90. The van der Waals surface area contributed by atoms with Crippen molar-refractivity contribution < 1.29 is 19.4 Å². The number of methoxy groups -OCH3 is 1. The molecule has 114 valence electrons. The Bertz CT molecular complexity index is 532. The number of ether oxygens (including phenoxy) is 1. The summed E-state index contributed by atoms with van der Waals surface area (Å²) in [6, 6.07) is 6.97. The van der Waals surface area contributed by atoms with Gasteiger partial charge in [-0.05, 0) is 25.0 Å². The van der Waals surface area contributed by atoms with E-state index in [1.54, 1.807) is 7.11 Å². The molecule has 1 aromatic carbocycles. The highest BCUT2D eigenvalue weighted by molar-refractivity contribution is 5.94. The number of nitrogens with one attached hydrogen (secondary N) is 1. The van der Waals surface area contributed by atoms with Crippen molar-refractivity contribution in [1.29, 1.82) is 0 Å². The zero-order chi connectivity index (χ0) is 15.4. The third-order valence-electron chi connectivity index (χ3n) is 3.53. The minimum atomic E-state index is -0.882. The number of fused-ring (bicyclic) bond motifs is 1. The van der Waals surface area contributed by atoms with Gasteiger partial charge in [0.05, 0.1) is 18.6 Å². The van der Waals surface area contributed by atoms with E-state index in [-0.39, 0.29) is 18.6 Å². The Morgan fingerprint density at radius 3 is 2.86 bits per heavy atom. The molecule has 0 saturated carbocycles. The molecular weight excluding hydrogens is 272 g/mol. The molecule has 2 amide bonds. The second kappa shape index (κ2) is 6.58. The molecule has 0 fully saturated rings. The fourth-order valence-electron chi connectivity index (χ4n) is 2.53. The number of rotatable bonds is 4. The minimum absolute atomic E-state index is 0.139. The maximum Gasteiger partial charge on any atom is 0.322 e. The summed E-state index contributed by atoms with van der Waals surface area (Å²) >= 11 is 0. The molecule has 1 aliphatic rings. The van der Waals surface area contributed by atoms with Crippen LogP contribution in [0.25, 0.3) is 0 Å². The first-order chi connectivity index (χ1) is 10.0. The third kappa shape index (κ3) is 3.52. The number of para-hydroxylation sites is 1. The van der Waals surface area contributed by atoms with Gasteiger partial charge in [0.25, 0.3) is 0 Å². The van der Waals surface area contributed by atoms with Crippen molar-refractivity contribution in [2.75, 3.05) is 25.2 Å². The lowest BCUT2D eigenvalue weighted by Gasteiger charge is -2.33. The van der Waals surface area contributed by atoms with Crippen LogP contribution in [0, 0.1) is 5.92 Å². The van der Waals surface area contributed by atoms with Gasteiger partial charge in [-0.3, -0.25) is 9.69 Å². The number of anilines is 1. The molecule has 2 unspecified atom stereocenters. The molecule has 0 spiro atoms. The molecule has 1 heterocycles. The Balaban J connectivity index is 2.20. The van der Waals surface area contributed by atoms with Gasteiger partial charge < -0.3 is 15.2 Å². The molecule has 1 aliphatic heterocycles. The molecule has 0 bridgehead atoms. The lowest BCUT2D eigenvalue weighted by molar-refractivity contribution is -0.141. The van der Waals surface area contributed by atoms with E-state index in [1.807, 2.05) is 31.2 Å². The fourth-order valence-corrected chi connectivity index (χ4v) is 2.53. The first kappa shape index (κ1) is 15.3. The molecule has 0 aliphatic carbocycles. The number of nitrogens with zero attached hydrogens (tertiary/aromatic N) is 1. The van der Waals surface area contributed by atoms with E-state index in [1.165, 1.54) is 4.90 Å². The number of urea groups is 1. The summed E-state index contributed by atoms with van der Waals surface area (Å²) in [6.45, 7) is 2.42. The summed E-state index contributed by atoms with van der Waals surface area (Å²) in [6.07, 6.45) is 0.447. The zero-order valence-corrected chi connectivity index (χ0v) is 12.2. The average Bonchev–Trinajstić information content (AvgIpc) is 2.46. The van der Waals surface area contributed by atoms with Crippen molar-refractivity contribution in [1.82, 2.24) is 5.32 Å². The van der Waals surface area contributed by atoms with Crippen molar-refractivity contribution >= 4 is 17.7 Å². The largest absolute Gasteiger partial charge is 0.481 e. The van der Waals surface area contributed by atoms with E-state index in [9.17, 15) is 14.7 Å². The molecule has 0 radical (unpaired) electrons.